The zero-order valence-corrected chi connectivity index (χ0v) is 17.0. The molecule has 2 aromatic carbocycles. The second kappa shape index (κ2) is 9.78. The van der Waals surface area contributed by atoms with Gasteiger partial charge >= 0.3 is 6.03 Å². The van der Waals surface area contributed by atoms with E-state index in [1.165, 1.54) is 0 Å². The molecular weight excluding hydrogens is 386 g/mol. The molecule has 0 radical (unpaired) electrons. The lowest BCUT2D eigenvalue weighted by molar-refractivity contribution is -0.130. The smallest absolute Gasteiger partial charge is 0.324 e. The average Bonchev–Trinajstić information content (AvgIpc) is 3.03. The lowest BCUT2D eigenvalue weighted by Gasteiger charge is -2.13. The largest absolute Gasteiger partial charge is 0.497 e. The summed E-state index contributed by atoms with van der Waals surface area (Å²) in [5.41, 5.74) is 1.89. The molecule has 30 heavy (non-hydrogen) atoms. The highest BCUT2D eigenvalue weighted by Gasteiger charge is 2.38. The van der Waals surface area contributed by atoms with Gasteiger partial charge in [0.25, 0.3) is 5.91 Å². The SMILES string of the molecule is COc1ccc(CCN2C(=O)N[C@H](CC(=O)NCc3ccc(OC)cc3)C2=O)cc1. The molecule has 0 saturated carbocycles. The van der Waals surface area contributed by atoms with Crippen molar-refractivity contribution in [1.29, 1.82) is 0 Å². The molecule has 1 atom stereocenters. The number of benzene rings is 2. The minimum absolute atomic E-state index is 0.0975. The fraction of sp³-hybridized carbons (Fsp3) is 0.318. The van der Waals surface area contributed by atoms with Crippen LogP contribution in [0.1, 0.15) is 17.5 Å². The molecule has 1 fully saturated rings. The number of carbonyl (C=O) groups is 3. The Morgan fingerprint density at radius 1 is 0.967 bits per heavy atom. The molecule has 2 N–H and O–H groups in total. The molecular formula is C22H25N3O5. The van der Waals surface area contributed by atoms with Crippen LogP contribution in [-0.2, 0) is 22.6 Å². The van der Waals surface area contributed by atoms with Crippen LogP contribution in [0.3, 0.4) is 0 Å². The van der Waals surface area contributed by atoms with Crippen molar-refractivity contribution in [3.8, 4) is 11.5 Å². The standard InChI is InChI=1S/C22H25N3O5/c1-29-17-7-3-15(4-8-17)11-12-25-21(27)19(24-22(25)28)13-20(26)23-14-16-5-9-18(30-2)10-6-16/h3-10,19H,11-14H2,1-2H3,(H,23,26)(H,24,28)/t19-/m1/s1. The first-order valence-electron chi connectivity index (χ1n) is 9.64. The van der Waals surface area contributed by atoms with Crippen LogP contribution in [0.25, 0.3) is 0 Å². The fourth-order valence-corrected chi connectivity index (χ4v) is 3.16. The number of imide groups is 1. The average molecular weight is 411 g/mol. The van der Waals surface area contributed by atoms with Crippen molar-refractivity contribution in [3.63, 3.8) is 0 Å². The number of rotatable bonds is 9. The summed E-state index contributed by atoms with van der Waals surface area (Å²) in [6.45, 7) is 0.583. The van der Waals surface area contributed by atoms with Crippen LogP contribution in [0.4, 0.5) is 4.79 Å². The molecule has 0 unspecified atom stereocenters. The Morgan fingerprint density at radius 3 is 2.10 bits per heavy atom. The monoisotopic (exact) mass is 411 g/mol. The van der Waals surface area contributed by atoms with Crippen LogP contribution in [0.5, 0.6) is 11.5 Å². The molecule has 1 aliphatic rings. The first-order chi connectivity index (χ1) is 14.5. The van der Waals surface area contributed by atoms with E-state index in [2.05, 4.69) is 10.6 Å². The maximum Gasteiger partial charge on any atom is 0.324 e. The summed E-state index contributed by atoms with van der Waals surface area (Å²) in [4.78, 5) is 38.1. The summed E-state index contributed by atoms with van der Waals surface area (Å²) < 4.78 is 10.2. The Morgan fingerprint density at radius 2 is 1.53 bits per heavy atom. The van der Waals surface area contributed by atoms with E-state index in [9.17, 15) is 14.4 Å². The summed E-state index contributed by atoms with van der Waals surface area (Å²) in [5.74, 6) is 0.795. The quantitative estimate of drug-likeness (QED) is 0.614. The molecule has 0 bridgehead atoms. The van der Waals surface area contributed by atoms with E-state index in [1.54, 1.807) is 14.2 Å². The van der Waals surface area contributed by atoms with Gasteiger partial charge in [0.2, 0.25) is 5.91 Å². The second-order valence-electron chi connectivity index (χ2n) is 6.92. The Hall–Kier alpha value is -3.55. The normalized spacial score (nSPS) is 15.7. The van der Waals surface area contributed by atoms with E-state index < -0.39 is 12.1 Å². The van der Waals surface area contributed by atoms with Crippen LogP contribution in [0.2, 0.25) is 0 Å². The molecule has 3 rings (SSSR count). The summed E-state index contributed by atoms with van der Waals surface area (Å²) in [7, 11) is 3.18. The summed E-state index contributed by atoms with van der Waals surface area (Å²) in [5, 5.41) is 5.36. The summed E-state index contributed by atoms with van der Waals surface area (Å²) >= 11 is 0. The van der Waals surface area contributed by atoms with E-state index in [4.69, 9.17) is 9.47 Å². The van der Waals surface area contributed by atoms with Gasteiger partial charge in [-0.3, -0.25) is 14.5 Å². The van der Waals surface area contributed by atoms with Gasteiger partial charge in [0, 0.05) is 13.1 Å². The first-order valence-corrected chi connectivity index (χ1v) is 9.64. The summed E-state index contributed by atoms with van der Waals surface area (Å²) in [6, 6.07) is 13.4. The van der Waals surface area contributed by atoms with Gasteiger partial charge in [0.1, 0.15) is 17.5 Å². The molecule has 2 aromatic rings. The minimum atomic E-state index is -0.843. The van der Waals surface area contributed by atoms with Gasteiger partial charge < -0.3 is 20.1 Å². The van der Waals surface area contributed by atoms with E-state index in [0.717, 1.165) is 27.5 Å². The number of carbonyl (C=O) groups excluding carboxylic acids is 3. The van der Waals surface area contributed by atoms with Crippen molar-refractivity contribution in [2.45, 2.75) is 25.4 Å². The second-order valence-corrected chi connectivity index (χ2v) is 6.92. The third-order valence-corrected chi connectivity index (χ3v) is 4.93. The number of nitrogens with one attached hydrogen (secondary N) is 2. The first kappa shape index (κ1) is 21.2. The van der Waals surface area contributed by atoms with Crippen molar-refractivity contribution in [2.24, 2.45) is 0 Å². The third-order valence-electron chi connectivity index (χ3n) is 4.93. The van der Waals surface area contributed by atoms with Crippen LogP contribution >= 0.6 is 0 Å². The molecule has 0 aromatic heterocycles. The molecule has 8 nitrogen and oxygen atoms in total. The number of hydrogen-bond acceptors (Lipinski definition) is 5. The number of amides is 4. The number of nitrogens with zero attached hydrogens (tertiary/aromatic N) is 1. The molecule has 1 heterocycles. The topological polar surface area (TPSA) is 97.0 Å². The molecule has 4 amide bonds. The lowest BCUT2D eigenvalue weighted by atomic mass is 10.1. The van der Waals surface area contributed by atoms with Crippen molar-refractivity contribution in [2.75, 3.05) is 20.8 Å². The maximum absolute atomic E-state index is 12.5. The highest BCUT2D eigenvalue weighted by Crippen LogP contribution is 2.15. The van der Waals surface area contributed by atoms with Gasteiger partial charge in [-0.25, -0.2) is 4.79 Å². The van der Waals surface area contributed by atoms with E-state index in [0.29, 0.717) is 13.0 Å². The van der Waals surface area contributed by atoms with E-state index in [-0.39, 0.29) is 24.8 Å². The van der Waals surface area contributed by atoms with Gasteiger partial charge in [-0.15, -0.1) is 0 Å². The molecule has 0 aliphatic carbocycles. The predicted octanol–water partition coefficient (Wildman–Crippen LogP) is 1.87. The van der Waals surface area contributed by atoms with Gasteiger partial charge in [-0.05, 0) is 41.8 Å². The van der Waals surface area contributed by atoms with E-state index >= 15 is 0 Å². The minimum Gasteiger partial charge on any atom is -0.497 e. The predicted molar refractivity (Wildman–Crippen MR) is 110 cm³/mol. The van der Waals surface area contributed by atoms with Crippen molar-refractivity contribution < 1.29 is 23.9 Å². The molecule has 8 heteroatoms. The number of hydrogen-bond donors (Lipinski definition) is 2. The van der Waals surface area contributed by atoms with Crippen molar-refractivity contribution in [1.82, 2.24) is 15.5 Å². The maximum atomic E-state index is 12.5. The zero-order valence-electron chi connectivity index (χ0n) is 17.0. The highest BCUT2D eigenvalue weighted by atomic mass is 16.5. The van der Waals surface area contributed by atoms with Gasteiger partial charge in [-0.2, -0.15) is 0 Å². The van der Waals surface area contributed by atoms with Gasteiger partial charge in [-0.1, -0.05) is 24.3 Å². The van der Waals surface area contributed by atoms with Gasteiger partial charge in [0.15, 0.2) is 0 Å². The van der Waals surface area contributed by atoms with Crippen LogP contribution < -0.4 is 20.1 Å². The van der Waals surface area contributed by atoms with Crippen LogP contribution in [0, 0.1) is 0 Å². The van der Waals surface area contributed by atoms with Crippen LogP contribution in [0.15, 0.2) is 48.5 Å². The molecule has 158 valence electrons. The zero-order chi connectivity index (χ0) is 21.5. The fourth-order valence-electron chi connectivity index (χ4n) is 3.16. The highest BCUT2D eigenvalue weighted by molar-refractivity contribution is 6.05. The molecule has 0 spiro atoms. The number of ether oxygens (including phenoxy) is 2. The van der Waals surface area contributed by atoms with Crippen molar-refractivity contribution >= 4 is 17.8 Å². The lowest BCUT2D eigenvalue weighted by Crippen LogP contribution is -2.36. The van der Waals surface area contributed by atoms with Crippen LogP contribution in [-0.4, -0.2) is 49.6 Å². The molecule has 1 aliphatic heterocycles. The Balaban J connectivity index is 1.47. The third kappa shape index (κ3) is 5.28. The molecule has 1 saturated heterocycles. The Kier molecular flexibility index (Phi) is 6.90. The number of urea groups is 1. The Labute approximate surface area is 175 Å². The summed E-state index contributed by atoms with van der Waals surface area (Å²) in [6.07, 6.45) is 0.430. The van der Waals surface area contributed by atoms with Gasteiger partial charge in [0.05, 0.1) is 20.6 Å². The van der Waals surface area contributed by atoms with E-state index in [1.807, 2.05) is 48.5 Å². The van der Waals surface area contributed by atoms with Crippen molar-refractivity contribution in [3.05, 3.63) is 59.7 Å². The number of methoxy groups -OCH3 is 2. The Bertz CT molecular complexity index is 896.